The molecule has 0 saturated heterocycles. The Kier molecular flexibility index (Phi) is 10.4. The molecule has 12 aromatic carbocycles. The minimum atomic E-state index is -0.273. The van der Waals surface area contributed by atoms with Crippen LogP contribution in [0.1, 0.15) is 72.2 Å². The highest BCUT2D eigenvalue weighted by Crippen LogP contribution is 2.56. The van der Waals surface area contributed by atoms with E-state index in [1.165, 1.54) is 33.0 Å². The summed E-state index contributed by atoms with van der Waals surface area (Å²) in [4.78, 5) is 4.91. The predicted octanol–water partition coefficient (Wildman–Crippen LogP) is 19.8. The summed E-state index contributed by atoms with van der Waals surface area (Å²) in [6, 6.07) is 84.5. The molecule has 0 saturated carbocycles. The first-order chi connectivity index (χ1) is 37.9. The molecule has 2 aliphatic rings. The van der Waals surface area contributed by atoms with Crippen molar-refractivity contribution in [2.75, 3.05) is 9.80 Å². The van der Waals surface area contributed by atoms with E-state index in [4.69, 9.17) is 0 Å². The SMILES string of the molecule is Cc1ccc(-c2ccccc2)cc1N(c1ccc2c(c1)-c1c(C#N)cccc1C2(C)C)c1ccc2ccc3c(N(c4ccc5c(c4)-c4c(C#N)cccc4C5(C)C)c4cc(-c5ccccc5)ccc4C)ccc4ccc1c2c43. The lowest BCUT2D eigenvalue weighted by Gasteiger charge is -2.31. The van der Waals surface area contributed by atoms with Crippen molar-refractivity contribution in [1.29, 1.82) is 10.5 Å². The molecule has 4 nitrogen and oxygen atoms in total. The highest BCUT2D eigenvalue weighted by molar-refractivity contribution is 6.28. The van der Waals surface area contributed by atoms with Gasteiger partial charge in [-0.2, -0.15) is 10.5 Å². The molecule has 12 aromatic rings. The number of nitriles is 2. The highest BCUT2D eigenvalue weighted by Gasteiger charge is 2.39. The summed E-state index contributed by atoms with van der Waals surface area (Å²) in [5, 5.41) is 28.1. The molecular formula is C74H54N4. The van der Waals surface area contributed by atoms with Crippen molar-refractivity contribution >= 4 is 66.4 Å². The van der Waals surface area contributed by atoms with Gasteiger partial charge in [-0.15, -0.1) is 0 Å². The second-order valence-corrected chi connectivity index (χ2v) is 22.4. The number of hydrogen-bond donors (Lipinski definition) is 0. The van der Waals surface area contributed by atoms with E-state index in [1.807, 2.05) is 24.3 Å². The number of aryl methyl sites for hydroxylation is 2. The molecule has 0 spiro atoms. The smallest absolute Gasteiger partial charge is 0.0998 e. The van der Waals surface area contributed by atoms with Crippen LogP contribution in [0.3, 0.4) is 0 Å². The van der Waals surface area contributed by atoms with Gasteiger partial charge in [0, 0.05) is 55.5 Å². The zero-order chi connectivity index (χ0) is 53.2. The molecule has 0 heterocycles. The number of hydrogen-bond acceptors (Lipinski definition) is 4. The van der Waals surface area contributed by atoms with E-state index >= 15 is 0 Å². The standard InChI is InChI=1S/C74H54N4/c1-45-23-25-51(47-15-9-7-10-16-47)39-67(45)77(55-31-35-61-59(41-55)69-53(43-75)19-13-21-63(69)73(61,3)4)65-37-29-49-28-34-58-66(38-30-50-27-33-57(65)71(49)72(50)58)78(68-40-52(26-24-46(68)2)48-17-11-8-12-18-48)56-32-36-62-60(42-56)70-54(44-76)20-14-22-64(70)74(62,5)6/h7-42H,1-6H3. The Morgan fingerprint density at radius 3 is 1.17 bits per heavy atom. The Morgan fingerprint density at radius 1 is 0.346 bits per heavy atom. The minimum absolute atomic E-state index is 0.273. The maximum absolute atomic E-state index is 10.6. The number of rotatable bonds is 8. The van der Waals surface area contributed by atoms with Crippen LogP contribution in [0.5, 0.6) is 0 Å². The lowest BCUT2D eigenvalue weighted by atomic mass is 9.82. The van der Waals surface area contributed by atoms with Crippen molar-refractivity contribution in [3.05, 3.63) is 263 Å². The molecule has 0 atom stereocenters. The van der Waals surface area contributed by atoms with E-state index in [1.54, 1.807) is 0 Å². The van der Waals surface area contributed by atoms with Gasteiger partial charge in [0.15, 0.2) is 0 Å². The average molecular weight is 999 g/mol. The van der Waals surface area contributed by atoms with Gasteiger partial charge in [-0.1, -0.05) is 185 Å². The molecule has 78 heavy (non-hydrogen) atoms. The van der Waals surface area contributed by atoms with E-state index < -0.39 is 0 Å². The van der Waals surface area contributed by atoms with Crippen LogP contribution in [0.25, 0.3) is 76.8 Å². The van der Waals surface area contributed by atoms with Gasteiger partial charge >= 0.3 is 0 Å². The summed E-state index contributed by atoms with van der Waals surface area (Å²) < 4.78 is 0. The number of anilines is 6. The second kappa shape index (κ2) is 17.4. The van der Waals surface area contributed by atoms with Gasteiger partial charge in [-0.05, 0) is 163 Å². The van der Waals surface area contributed by atoms with Gasteiger partial charge in [0.2, 0.25) is 0 Å². The molecule has 0 bridgehead atoms. The molecule has 4 heteroatoms. The zero-order valence-corrected chi connectivity index (χ0v) is 44.6. The van der Waals surface area contributed by atoms with E-state index in [-0.39, 0.29) is 10.8 Å². The molecule has 2 aliphatic carbocycles. The van der Waals surface area contributed by atoms with E-state index in [0.29, 0.717) is 11.1 Å². The lowest BCUT2D eigenvalue weighted by molar-refractivity contribution is 0.660. The maximum Gasteiger partial charge on any atom is 0.0998 e. The van der Waals surface area contributed by atoms with Crippen LogP contribution in [0, 0.1) is 36.5 Å². The highest BCUT2D eigenvalue weighted by atomic mass is 15.2. The molecule has 14 rings (SSSR count). The van der Waals surface area contributed by atoms with Crippen molar-refractivity contribution in [2.24, 2.45) is 0 Å². The van der Waals surface area contributed by atoms with Crippen molar-refractivity contribution in [1.82, 2.24) is 0 Å². The third-order valence-electron chi connectivity index (χ3n) is 17.3. The molecule has 0 unspecified atom stereocenters. The molecule has 370 valence electrons. The Bertz CT molecular complexity index is 4260. The van der Waals surface area contributed by atoms with Crippen molar-refractivity contribution in [3.8, 4) is 56.6 Å². The Morgan fingerprint density at radius 2 is 0.756 bits per heavy atom. The number of fused-ring (bicyclic) bond motifs is 6. The fraction of sp³-hybridized carbons (Fsp3) is 0.108. The first-order valence-corrected chi connectivity index (χ1v) is 26.9. The topological polar surface area (TPSA) is 54.1 Å². The van der Waals surface area contributed by atoms with Crippen LogP contribution >= 0.6 is 0 Å². The molecule has 0 aliphatic heterocycles. The minimum Gasteiger partial charge on any atom is -0.310 e. The van der Waals surface area contributed by atoms with Gasteiger partial charge in [-0.3, -0.25) is 0 Å². The first-order valence-electron chi connectivity index (χ1n) is 26.9. The van der Waals surface area contributed by atoms with Gasteiger partial charge in [0.25, 0.3) is 0 Å². The number of benzene rings is 12. The van der Waals surface area contributed by atoms with E-state index in [0.717, 1.165) is 111 Å². The fourth-order valence-electron chi connectivity index (χ4n) is 13.3. The molecule has 0 amide bonds. The zero-order valence-electron chi connectivity index (χ0n) is 44.6. The van der Waals surface area contributed by atoms with E-state index in [9.17, 15) is 10.5 Å². The summed E-state index contributed by atoms with van der Waals surface area (Å²) in [6.45, 7) is 13.5. The quantitative estimate of drug-likeness (QED) is 0.142. The second-order valence-electron chi connectivity index (χ2n) is 22.4. The third-order valence-corrected chi connectivity index (χ3v) is 17.3. The predicted molar refractivity (Wildman–Crippen MR) is 324 cm³/mol. The van der Waals surface area contributed by atoms with Crippen LogP contribution in [0.2, 0.25) is 0 Å². The van der Waals surface area contributed by atoms with Crippen LogP contribution < -0.4 is 9.80 Å². The van der Waals surface area contributed by atoms with Gasteiger partial charge in [-0.25, -0.2) is 0 Å². The Balaban J connectivity index is 1.02. The Labute approximate surface area is 456 Å². The molecule has 0 radical (unpaired) electrons. The first kappa shape index (κ1) is 46.8. The molecular weight excluding hydrogens is 945 g/mol. The van der Waals surface area contributed by atoms with Crippen LogP contribution in [0.15, 0.2) is 218 Å². The third kappa shape index (κ3) is 6.90. The molecule has 0 N–H and O–H groups in total. The summed E-state index contributed by atoms with van der Waals surface area (Å²) >= 11 is 0. The maximum atomic E-state index is 10.6. The van der Waals surface area contributed by atoms with E-state index in [2.05, 4.69) is 258 Å². The molecule has 0 aromatic heterocycles. The molecule has 0 fully saturated rings. The summed E-state index contributed by atoms with van der Waals surface area (Å²) in [7, 11) is 0. The van der Waals surface area contributed by atoms with Crippen molar-refractivity contribution < 1.29 is 0 Å². The van der Waals surface area contributed by atoms with Crippen LogP contribution in [-0.2, 0) is 10.8 Å². The van der Waals surface area contributed by atoms with Gasteiger partial charge in [0.1, 0.15) is 0 Å². The van der Waals surface area contributed by atoms with Crippen LogP contribution in [-0.4, -0.2) is 0 Å². The summed E-state index contributed by atoms with van der Waals surface area (Å²) in [5.74, 6) is 0. The monoisotopic (exact) mass is 998 g/mol. The van der Waals surface area contributed by atoms with Gasteiger partial charge in [0.05, 0.1) is 34.6 Å². The fourth-order valence-corrected chi connectivity index (χ4v) is 13.3. The average Bonchev–Trinajstić information content (AvgIpc) is 3.99. The summed E-state index contributed by atoms with van der Waals surface area (Å²) in [6.07, 6.45) is 0. The van der Waals surface area contributed by atoms with Crippen molar-refractivity contribution in [2.45, 2.75) is 52.4 Å². The largest absolute Gasteiger partial charge is 0.310 e. The van der Waals surface area contributed by atoms with Crippen LogP contribution in [0.4, 0.5) is 34.1 Å². The lowest BCUT2D eigenvalue weighted by Crippen LogP contribution is -2.16. The Hall–Kier alpha value is -9.74. The van der Waals surface area contributed by atoms with Gasteiger partial charge < -0.3 is 9.80 Å². The summed E-state index contributed by atoms with van der Waals surface area (Å²) in [5.41, 5.74) is 23.1. The van der Waals surface area contributed by atoms with Crippen molar-refractivity contribution in [3.63, 3.8) is 0 Å². The normalized spacial score (nSPS) is 13.4. The number of nitrogens with zero attached hydrogens (tertiary/aromatic N) is 4.